The summed E-state index contributed by atoms with van der Waals surface area (Å²) in [5.41, 5.74) is 2.22. The number of para-hydroxylation sites is 1. The van der Waals surface area contributed by atoms with Gasteiger partial charge < -0.3 is 14.8 Å². The average molecular weight is 404 g/mol. The first-order valence-electron chi connectivity index (χ1n) is 8.94. The molecule has 28 heavy (non-hydrogen) atoms. The number of nitrogens with zero attached hydrogens (tertiary/aromatic N) is 1. The predicted molar refractivity (Wildman–Crippen MR) is 107 cm³/mol. The number of sulfonamides is 1. The minimum atomic E-state index is -3.49. The first-order chi connectivity index (χ1) is 13.3. The van der Waals surface area contributed by atoms with E-state index in [9.17, 15) is 13.2 Å². The van der Waals surface area contributed by atoms with Gasteiger partial charge in [0.15, 0.2) is 6.10 Å². The molecular weight excluding hydrogens is 380 g/mol. The highest BCUT2D eigenvalue weighted by atomic mass is 32.2. The molecule has 0 bridgehead atoms. The van der Waals surface area contributed by atoms with Crippen LogP contribution in [-0.4, -0.2) is 40.3 Å². The summed E-state index contributed by atoms with van der Waals surface area (Å²) in [5, 5.41) is 2.86. The summed E-state index contributed by atoms with van der Waals surface area (Å²) in [6.45, 7) is 2.34. The largest absolute Gasteiger partial charge is 0.496 e. The smallest absolute Gasteiger partial charge is 0.261 e. The Kier molecular flexibility index (Phi) is 5.79. The van der Waals surface area contributed by atoms with Crippen molar-refractivity contribution in [2.75, 3.05) is 24.2 Å². The topological polar surface area (TPSA) is 84.9 Å². The van der Waals surface area contributed by atoms with Gasteiger partial charge in [0.2, 0.25) is 10.0 Å². The first-order valence-corrected chi connectivity index (χ1v) is 10.8. The summed E-state index contributed by atoms with van der Waals surface area (Å²) in [6.07, 6.45) is 0.614. The third-order valence-electron chi connectivity index (χ3n) is 4.59. The van der Waals surface area contributed by atoms with Crippen LogP contribution in [0.1, 0.15) is 17.5 Å². The number of carbonyl (C=O) groups excluding carboxylic acids is 1. The van der Waals surface area contributed by atoms with Gasteiger partial charge in [-0.3, -0.25) is 9.10 Å². The van der Waals surface area contributed by atoms with Crippen molar-refractivity contribution < 1.29 is 22.7 Å². The zero-order valence-corrected chi connectivity index (χ0v) is 17.0. The van der Waals surface area contributed by atoms with Crippen molar-refractivity contribution in [1.29, 1.82) is 0 Å². The Morgan fingerprint density at radius 2 is 2.04 bits per heavy atom. The molecule has 2 aromatic carbocycles. The molecule has 3 rings (SSSR count). The number of ether oxygens (including phenoxy) is 2. The second-order valence-corrected chi connectivity index (χ2v) is 8.64. The molecule has 8 heteroatoms. The van der Waals surface area contributed by atoms with Crippen LogP contribution in [0.4, 0.5) is 5.69 Å². The molecule has 0 saturated carbocycles. The number of aryl methyl sites for hydroxylation is 1. The van der Waals surface area contributed by atoms with Crippen molar-refractivity contribution in [1.82, 2.24) is 5.32 Å². The van der Waals surface area contributed by atoms with Crippen LogP contribution in [0.25, 0.3) is 0 Å². The maximum atomic E-state index is 12.7. The molecule has 1 atom stereocenters. The minimum Gasteiger partial charge on any atom is -0.496 e. The van der Waals surface area contributed by atoms with Gasteiger partial charge in [-0.1, -0.05) is 24.3 Å². The van der Waals surface area contributed by atoms with Gasteiger partial charge in [0, 0.05) is 25.1 Å². The molecule has 1 N–H and O–H groups in total. The Balaban J connectivity index is 1.78. The van der Waals surface area contributed by atoms with Crippen LogP contribution >= 0.6 is 0 Å². The zero-order valence-electron chi connectivity index (χ0n) is 16.1. The van der Waals surface area contributed by atoms with Crippen LogP contribution in [-0.2, 0) is 21.4 Å². The molecule has 0 fully saturated rings. The molecule has 1 amide bonds. The number of anilines is 1. The quantitative estimate of drug-likeness (QED) is 0.826. The second kappa shape index (κ2) is 8.10. The highest BCUT2D eigenvalue weighted by Gasteiger charge is 2.31. The zero-order chi connectivity index (χ0) is 20.3. The third kappa shape index (κ3) is 4.39. The summed E-state index contributed by atoms with van der Waals surface area (Å²) in [6, 6.07) is 12.7. The van der Waals surface area contributed by atoms with Crippen molar-refractivity contribution in [2.45, 2.75) is 26.0 Å². The van der Waals surface area contributed by atoms with Crippen molar-refractivity contribution in [2.24, 2.45) is 0 Å². The predicted octanol–water partition coefficient (Wildman–Crippen LogP) is 2.24. The van der Waals surface area contributed by atoms with Gasteiger partial charge in [-0.05, 0) is 30.7 Å². The summed E-state index contributed by atoms with van der Waals surface area (Å²) < 4.78 is 36.9. The molecule has 0 unspecified atom stereocenters. The van der Waals surface area contributed by atoms with E-state index in [1.165, 1.54) is 4.31 Å². The molecule has 0 aliphatic carbocycles. The Bertz CT molecular complexity index is 974. The van der Waals surface area contributed by atoms with Gasteiger partial charge in [0.05, 0.1) is 19.1 Å². The highest BCUT2D eigenvalue weighted by molar-refractivity contribution is 7.92. The summed E-state index contributed by atoms with van der Waals surface area (Å²) >= 11 is 0. The van der Waals surface area contributed by atoms with Crippen LogP contribution in [0.2, 0.25) is 0 Å². The molecule has 1 aliphatic heterocycles. The average Bonchev–Trinajstić information content (AvgIpc) is 2.85. The summed E-state index contributed by atoms with van der Waals surface area (Å²) in [4.78, 5) is 12.7. The Hall–Kier alpha value is -2.74. The first kappa shape index (κ1) is 20.0. The lowest BCUT2D eigenvalue weighted by Crippen LogP contribution is -2.39. The van der Waals surface area contributed by atoms with Crippen molar-refractivity contribution in [3.63, 3.8) is 0 Å². The molecular formula is C20H24N2O5S. The van der Waals surface area contributed by atoms with E-state index in [0.29, 0.717) is 23.7 Å². The molecule has 0 spiro atoms. The van der Waals surface area contributed by atoms with Gasteiger partial charge in [-0.2, -0.15) is 0 Å². The van der Waals surface area contributed by atoms with Gasteiger partial charge in [0.25, 0.3) is 5.91 Å². The summed E-state index contributed by atoms with van der Waals surface area (Å²) in [7, 11) is -1.91. The fourth-order valence-electron chi connectivity index (χ4n) is 3.16. The van der Waals surface area contributed by atoms with E-state index < -0.39 is 16.1 Å². The van der Waals surface area contributed by atoms with Gasteiger partial charge in [-0.15, -0.1) is 0 Å². The van der Waals surface area contributed by atoms with Gasteiger partial charge in [0.1, 0.15) is 11.5 Å². The molecule has 0 radical (unpaired) electrons. The normalized spacial score (nSPS) is 16.5. The second-order valence-electron chi connectivity index (χ2n) is 6.73. The van der Waals surface area contributed by atoms with E-state index >= 15 is 0 Å². The van der Waals surface area contributed by atoms with Crippen LogP contribution < -0.4 is 19.1 Å². The Labute approximate surface area is 165 Å². The number of hydrogen-bond donors (Lipinski definition) is 1. The maximum Gasteiger partial charge on any atom is 0.261 e. The van der Waals surface area contributed by atoms with Crippen molar-refractivity contribution >= 4 is 21.6 Å². The number of amides is 1. The molecule has 150 valence electrons. The Morgan fingerprint density at radius 1 is 1.29 bits per heavy atom. The highest BCUT2D eigenvalue weighted by Crippen LogP contribution is 2.35. The molecule has 1 aliphatic rings. The number of methoxy groups -OCH3 is 1. The minimum absolute atomic E-state index is 0.169. The number of nitrogens with one attached hydrogen (secondary N) is 1. The fraction of sp³-hybridized carbons (Fsp3) is 0.350. The lowest BCUT2D eigenvalue weighted by Gasteiger charge is -2.21. The number of rotatable bonds is 5. The SMILES string of the molecule is COc1ccccc1CNC(=O)[C@@H]1CCN(S(C)(=O)=O)c2cc(C)ccc2O1. The van der Waals surface area contributed by atoms with Gasteiger partial charge in [-0.25, -0.2) is 8.42 Å². The van der Waals surface area contributed by atoms with Gasteiger partial charge >= 0.3 is 0 Å². The monoisotopic (exact) mass is 404 g/mol. The lowest BCUT2D eigenvalue weighted by atomic mass is 10.2. The number of carbonyl (C=O) groups is 1. The maximum absolute atomic E-state index is 12.7. The van der Waals surface area contributed by atoms with Crippen molar-refractivity contribution in [3.05, 3.63) is 53.6 Å². The van der Waals surface area contributed by atoms with Crippen molar-refractivity contribution in [3.8, 4) is 11.5 Å². The van der Waals surface area contributed by atoms with E-state index in [-0.39, 0.29) is 18.9 Å². The molecule has 0 saturated heterocycles. The third-order valence-corrected chi connectivity index (χ3v) is 5.77. The van der Waals surface area contributed by atoms with E-state index in [1.807, 2.05) is 37.3 Å². The summed E-state index contributed by atoms with van der Waals surface area (Å²) in [5.74, 6) is 0.771. The Morgan fingerprint density at radius 3 is 2.75 bits per heavy atom. The van der Waals surface area contributed by atoms with Crippen LogP contribution in [0.3, 0.4) is 0 Å². The number of fused-ring (bicyclic) bond motifs is 1. The van der Waals surface area contributed by atoms with E-state index in [0.717, 1.165) is 17.4 Å². The van der Waals surface area contributed by atoms with E-state index in [1.54, 1.807) is 19.2 Å². The molecule has 1 heterocycles. The number of hydrogen-bond acceptors (Lipinski definition) is 5. The molecule has 2 aromatic rings. The van der Waals surface area contributed by atoms with E-state index in [4.69, 9.17) is 9.47 Å². The number of benzene rings is 2. The molecule has 7 nitrogen and oxygen atoms in total. The fourth-order valence-corrected chi connectivity index (χ4v) is 4.10. The molecule has 0 aromatic heterocycles. The van der Waals surface area contributed by atoms with E-state index in [2.05, 4.69) is 5.32 Å². The van der Waals surface area contributed by atoms with Crippen LogP contribution in [0.5, 0.6) is 11.5 Å². The standard InChI is InChI=1S/C20H24N2O5S/c1-14-8-9-18-16(12-14)22(28(3,24)25)11-10-19(27-18)20(23)21-13-15-6-4-5-7-17(15)26-2/h4-9,12,19H,10-11,13H2,1-3H3,(H,21,23)/t19-/m0/s1. The van der Waals surface area contributed by atoms with Crippen LogP contribution in [0, 0.1) is 6.92 Å². The van der Waals surface area contributed by atoms with Crippen LogP contribution in [0.15, 0.2) is 42.5 Å². The lowest BCUT2D eigenvalue weighted by molar-refractivity contribution is -0.128.